The summed E-state index contributed by atoms with van der Waals surface area (Å²) in [7, 11) is -4.27. The van der Waals surface area contributed by atoms with Gasteiger partial charge in [-0.05, 0) is 4.33 Å². The summed E-state index contributed by atoms with van der Waals surface area (Å²) in [4.78, 5) is 3.83. The highest BCUT2D eigenvalue weighted by Gasteiger charge is 2.30. The van der Waals surface area contributed by atoms with Crippen LogP contribution in [0.4, 0.5) is 0 Å². The number of amidine groups is 1. The van der Waals surface area contributed by atoms with Gasteiger partial charge in [0.1, 0.15) is 6.73 Å². The highest BCUT2D eigenvalue weighted by atomic mass is 32.3. The molecule has 0 unspecified atom stereocenters. The predicted octanol–water partition coefficient (Wildman–Crippen LogP) is -1.69. The van der Waals surface area contributed by atoms with Gasteiger partial charge in [-0.1, -0.05) is 0 Å². The van der Waals surface area contributed by atoms with Gasteiger partial charge in [0.2, 0.25) is 0 Å². The monoisotopic (exact) mass is 184 g/mol. The fourth-order valence-corrected chi connectivity index (χ4v) is 0.868. The van der Waals surface area contributed by atoms with E-state index in [1.807, 2.05) is 0 Å². The lowest BCUT2D eigenvalue weighted by atomic mass is 11.0. The molecule has 1 heterocycles. The molecule has 8 nitrogen and oxygen atoms in total. The predicted molar refractivity (Wildman–Crippen MR) is 28.8 cm³/mol. The van der Waals surface area contributed by atoms with Gasteiger partial charge < -0.3 is 5.11 Å². The first-order valence-corrected chi connectivity index (χ1v) is 3.66. The van der Waals surface area contributed by atoms with E-state index in [0.717, 1.165) is 0 Å². The number of nitrogens with zero attached hydrogens (tertiary/aromatic N) is 1. The van der Waals surface area contributed by atoms with Crippen LogP contribution < -0.4 is 0 Å². The third-order valence-electron chi connectivity index (χ3n) is 0.733. The minimum atomic E-state index is -4.27. The van der Waals surface area contributed by atoms with Crippen molar-refractivity contribution in [1.82, 2.24) is 5.06 Å². The zero-order valence-corrected chi connectivity index (χ0v) is 5.87. The van der Waals surface area contributed by atoms with Gasteiger partial charge in [0.05, 0.1) is 0 Å². The average Bonchev–Trinajstić information content (AvgIpc) is 1.94. The van der Waals surface area contributed by atoms with E-state index < -0.39 is 23.2 Å². The number of rotatable bonds is 1. The van der Waals surface area contributed by atoms with Crippen LogP contribution in [0.5, 0.6) is 0 Å². The molecule has 11 heavy (non-hydrogen) atoms. The van der Waals surface area contributed by atoms with Gasteiger partial charge in [-0.3, -0.25) is 4.89 Å². The highest BCUT2D eigenvalue weighted by molar-refractivity contribution is 7.81. The molecule has 1 saturated heterocycles. The van der Waals surface area contributed by atoms with Gasteiger partial charge in [0, 0.05) is 0 Å². The summed E-state index contributed by atoms with van der Waals surface area (Å²) >= 11 is 0. The molecule has 1 aliphatic rings. The molecule has 64 valence electrons. The van der Waals surface area contributed by atoms with E-state index >= 15 is 0 Å². The zero-order valence-electron chi connectivity index (χ0n) is 5.05. The molecular weight excluding hydrogens is 180 g/mol. The second-order valence-corrected chi connectivity index (χ2v) is 2.56. The Morgan fingerprint density at radius 1 is 1.64 bits per heavy atom. The van der Waals surface area contributed by atoms with Crippen LogP contribution in [0, 0.1) is 5.41 Å². The number of hydroxylamine groups is 2. The van der Waals surface area contributed by atoms with Crippen molar-refractivity contribution in [1.29, 1.82) is 5.41 Å². The molecule has 0 spiro atoms. The molecule has 0 saturated carbocycles. The van der Waals surface area contributed by atoms with E-state index in [9.17, 15) is 8.42 Å². The number of aliphatic hydroxyl groups excluding tert-OH is 1. The van der Waals surface area contributed by atoms with Crippen molar-refractivity contribution in [3.05, 3.63) is 0 Å². The van der Waals surface area contributed by atoms with Gasteiger partial charge in [-0.2, -0.15) is 13.5 Å². The van der Waals surface area contributed by atoms with Crippen LogP contribution in [0.25, 0.3) is 0 Å². The van der Waals surface area contributed by atoms with Gasteiger partial charge in [0.25, 0.3) is 0 Å². The molecule has 0 aromatic heterocycles. The van der Waals surface area contributed by atoms with Crippen molar-refractivity contribution < 1.29 is 27.0 Å². The largest absolute Gasteiger partial charge is 0.456 e. The molecule has 1 fully saturated rings. The molecule has 0 radical (unpaired) electrons. The van der Waals surface area contributed by atoms with Crippen molar-refractivity contribution in [2.24, 2.45) is 0 Å². The normalized spacial score (nSPS) is 23.0. The van der Waals surface area contributed by atoms with Crippen molar-refractivity contribution in [2.75, 3.05) is 6.73 Å². The third-order valence-corrected chi connectivity index (χ3v) is 1.33. The molecule has 0 aromatic carbocycles. The fourth-order valence-electron chi connectivity index (χ4n) is 0.360. The van der Waals surface area contributed by atoms with Crippen LogP contribution in [-0.2, 0) is 23.9 Å². The number of hydrogen-bond donors (Lipinski definition) is 2. The Morgan fingerprint density at radius 3 is 2.73 bits per heavy atom. The van der Waals surface area contributed by atoms with Gasteiger partial charge in [0.15, 0.2) is 0 Å². The van der Waals surface area contributed by atoms with Crippen molar-refractivity contribution in [3.8, 4) is 0 Å². The first kappa shape index (κ1) is 8.20. The Labute approximate surface area is 61.6 Å². The molecular formula is C2H4N2O6S. The summed E-state index contributed by atoms with van der Waals surface area (Å²) < 4.78 is 28.2. The van der Waals surface area contributed by atoms with Crippen LogP contribution in [-0.4, -0.2) is 31.3 Å². The molecule has 0 atom stereocenters. The Hall–Kier alpha value is -0.900. The van der Waals surface area contributed by atoms with Crippen LogP contribution in [0.1, 0.15) is 0 Å². The Balaban J connectivity index is 2.74. The maximum Gasteiger partial charge on any atom is 0.456 e. The number of nitrogens with one attached hydrogen (secondary N) is 1. The standard InChI is InChI=1S/C2H4N2O6S/c3-2-4(1-5)9-11(6,7)10-8-2/h3,5H,1H2. The SMILES string of the molecule is N=C1OOS(=O)(=O)ON1CO. The zero-order chi connectivity index (χ0) is 8.48. The first-order valence-electron chi connectivity index (χ1n) is 2.33. The quantitative estimate of drug-likeness (QED) is 0.468. The smallest absolute Gasteiger partial charge is 0.374 e. The van der Waals surface area contributed by atoms with Crippen molar-refractivity contribution in [3.63, 3.8) is 0 Å². The summed E-state index contributed by atoms with van der Waals surface area (Å²) in [5, 5.41) is 15.4. The van der Waals surface area contributed by atoms with E-state index in [4.69, 9.17) is 10.5 Å². The highest BCUT2D eigenvalue weighted by Crippen LogP contribution is 2.09. The molecule has 1 aliphatic heterocycles. The summed E-state index contributed by atoms with van der Waals surface area (Å²) in [6.45, 7) is -0.818. The minimum Gasteiger partial charge on any atom is -0.374 e. The van der Waals surface area contributed by atoms with Gasteiger partial charge in [-0.15, -0.1) is 4.28 Å². The fraction of sp³-hybridized carbons (Fsp3) is 0.500. The lowest BCUT2D eigenvalue weighted by molar-refractivity contribution is -0.216. The summed E-state index contributed by atoms with van der Waals surface area (Å²) in [6, 6.07) is -0.748. The molecule has 0 amide bonds. The summed E-state index contributed by atoms with van der Waals surface area (Å²) in [5.74, 6) is 0. The second-order valence-electron chi connectivity index (χ2n) is 1.46. The lowest BCUT2D eigenvalue weighted by Crippen LogP contribution is -2.40. The Kier molecular flexibility index (Phi) is 1.95. The third kappa shape index (κ3) is 1.77. The topological polar surface area (TPSA) is 109 Å². The summed E-state index contributed by atoms with van der Waals surface area (Å²) in [5.41, 5.74) is 0. The van der Waals surface area contributed by atoms with E-state index in [1.165, 1.54) is 0 Å². The van der Waals surface area contributed by atoms with E-state index in [2.05, 4.69) is 13.5 Å². The van der Waals surface area contributed by atoms with E-state index in [0.29, 0.717) is 5.06 Å². The van der Waals surface area contributed by atoms with Crippen LogP contribution in [0.3, 0.4) is 0 Å². The average molecular weight is 184 g/mol. The van der Waals surface area contributed by atoms with Crippen molar-refractivity contribution in [2.45, 2.75) is 0 Å². The van der Waals surface area contributed by atoms with Crippen LogP contribution in [0.15, 0.2) is 0 Å². The van der Waals surface area contributed by atoms with Crippen LogP contribution >= 0.6 is 0 Å². The number of hydrogen-bond acceptors (Lipinski definition) is 7. The molecule has 1 rings (SSSR count). The van der Waals surface area contributed by atoms with Gasteiger partial charge in [-0.25, -0.2) is 5.41 Å². The van der Waals surface area contributed by atoms with Crippen molar-refractivity contribution >= 4 is 16.4 Å². The number of aliphatic hydroxyl groups is 1. The molecule has 9 heteroatoms. The van der Waals surface area contributed by atoms with E-state index in [1.54, 1.807) is 0 Å². The van der Waals surface area contributed by atoms with E-state index in [-0.39, 0.29) is 0 Å². The maximum absolute atomic E-state index is 10.3. The Bertz CT molecular complexity index is 258. The molecule has 0 aliphatic carbocycles. The summed E-state index contributed by atoms with van der Waals surface area (Å²) in [6.07, 6.45) is 0. The minimum absolute atomic E-state index is 0.291. The molecule has 0 aromatic rings. The molecule has 2 N–H and O–H groups in total. The van der Waals surface area contributed by atoms with Crippen LogP contribution in [0.2, 0.25) is 0 Å². The first-order chi connectivity index (χ1) is 5.05. The second kappa shape index (κ2) is 2.62. The maximum atomic E-state index is 10.3. The molecule has 0 bridgehead atoms. The lowest BCUT2D eigenvalue weighted by Gasteiger charge is -2.21. The van der Waals surface area contributed by atoms with Gasteiger partial charge >= 0.3 is 16.4 Å². The Morgan fingerprint density at radius 2 is 2.27 bits per heavy atom.